The Morgan fingerprint density at radius 2 is 1.32 bits per heavy atom. The first-order chi connectivity index (χ1) is 28.4. The van der Waals surface area contributed by atoms with Crippen LogP contribution in [0.3, 0.4) is 0 Å². The van der Waals surface area contributed by atoms with Crippen molar-refractivity contribution in [2.75, 3.05) is 27.3 Å². The predicted octanol–water partition coefficient (Wildman–Crippen LogP) is 7.50. The molecule has 1 aliphatic carbocycles. The summed E-state index contributed by atoms with van der Waals surface area (Å²) < 4.78 is 9.62. The topological polar surface area (TPSA) is 175 Å². The van der Waals surface area contributed by atoms with Gasteiger partial charge in [-0.15, -0.1) is 0 Å². The lowest BCUT2D eigenvalue weighted by molar-refractivity contribution is -0.136. The van der Waals surface area contributed by atoms with E-state index in [0.717, 1.165) is 75.1 Å². The van der Waals surface area contributed by atoms with Crippen LogP contribution < -0.4 is 10.6 Å². The molecule has 4 N–H and O–H groups in total. The Balaban J connectivity index is 0.999. The zero-order chi connectivity index (χ0) is 41.5. The number of alkyl carbamates (subject to hydrolysis) is 2. The van der Waals surface area contributed by atoms with Gasteiger partial charge < -0.3 is 39.9 Å². The zero-order valence-electron chi connectivity index (χ0n) is 34.6. The van der Waals surface area contributed by atoms with Crippen LogP contribution in [0.25, 0.3) is 44.2 Å². The summed E-state index contributed by atoms with van der Waals surface area (Å²) in [6.07, 6.45) is 5.43. The van der Waals surface area contributed by atoms with Gasteiger partial charge in [0, 0.05) is 18.7 Å². The van der Waals surface area contributed by atoms with Crippen LogP contribution in [0.4, 0.5) is 9.59 Å². The maximum atomic E-state index is 14.0. The van der Waals surface area contributed by atoms with Crippen LogP contribution in [0.5, 0.6) is 0 Å². The maximum Gasteiger partial charge on any atom is 0.407 e. The highest BCUT2D eigenvalue weighted by Crippen LogP contribution is 2.47. The van der Waals surface area contributed by atoms with Crippen LogP contribution >= 0.6 is 0 Å². The molecule has 2 aromatic heterocycles. The molecule has 3 aromatic carbocycles. The molecule has 2 aliphatic heterocycles. The SMILES string of the molecule is COC(=O)N[C@H](C(=O)N1CCC[C@H]1c1ncc(-c2ccc3cc(-c4ccc5nc([C@@H]6C[C@H](C7CC7)CN6C(=O)[C@@H](NC(=O)OC)C(C)C)[nH]c5c4)ccc3c2)[nH]1)C(C)C. The summed E-state index contributed by atoms with van der Waals surface area (Å²) in [5.74, 6) is 2.06. The Kier molecular flexibility index (Phi) is 11.1. The molecular weight excluding hydrogens is 749 g/mol. The van der Waals surface area contributed by atoms with Gasteiger partial charge in [0.05, 0.1) is 49.2 Å². The van der Waals surface area contributed by atoms with E-state index in [2.05, 4.69) is 69.1 Å². The van der Waals surface area contributed by atoms with Crippen molar-refractivity contribution in [3.05, 3.63) is 72.4 Å². The number of ether oxygens (including phenoxy) is 2. The highest BCUT2D eigenvalue weighted by Gasteiger charge is 2.46. The van der Waals surface area contributed by atoms with E-state index in [9.17, 15) is 19.2 Å². The first kappa shape index (κ1) is 39.9. The van der Waals surface area contributed by atoms with Gasteiger partial charge >= 0.3 is 12.2 Å². The van der Waals surface area contributed by atoms with E-state index >= 15 is 0 Å². The number of aromatic amines is 2. The molecule has 5 aromatic rings. The second kappa shape index (κ2) is 16.4. The molecule has 14 heteroatoms. The summed E-state index contributed by atoms with van der Waals surface area (Å²) in [7, 11) is 2.60. The molecule has 4 amide bonds. The number of fused-ring (bicyclic) bond motifs is 2. The molecule has 0 unspecified atom stereocenters. The fourth-order valence-corrected chi connectivity index (χ4v) is 8.96. The lowest BCUT2D eigenvalue weighted by Crippen LogP contribution is -2.51. The number of rotatable bonds is 11. The largest absolute Gasteiger partial charge is 0.453 e. The molecule has 0 radical (unpaired) electrons. The second-order valence-electron chi connectivity index (χ2n) is 17.1. The van der Waals surface area contributed by atoms with Gasteiger partial charge in [0.2, 0.25) is 11.8 Å². The molecule has 14 nitrogen and oxygen atoms in total. The van der Waals surface area contributed by atoms with Crippen molar-refractivity contribution in [2.45, 2.75) is 84.0 Å². The number of H-pyrrole nitrogens is 2. The van der Waals surface area contributed by atoms with Gasteiger partial charge in [-0.3, -0.25) is 9.59 Å². The summed E-state index contributed by atoms with van der Waals surface area (Å²) in [6, 6.07) is 17.2. The number of amides is 4. The first-order valence-electron chi connectivity index (χ1n) is 20.8. The molecule has 4 heterocycles. The summed E-state index contributed by atoms with van der Waals surface area (Å²) in [4.78, 5) is 72.3. The number of nitrogens with zero attached hydrogens (tertiary/aromatic N) is 4. The lowest BCUT2D eigenvalue weighted by atomic mass is 9.99. The minimum atomic E-state index is -0.693. The van der Waals surface area contributed by atoms with Gasteiger partial charge in [-0.1, -0.05) is 58.0 Å². The number of nitrogens with one attached hydrogen (secondary N) is 4. The number of hydrogen-bond acceptors (Lipinski definition) is 8. The molecule has 59 heavy (non-hydrogen) atoms. The molecule has 3 aliphatic rings. The van der Waals surface area contributed by atoms with Crippen molar-refractivity contribution < 1.29 is 28.7 Å². The third-order valence-electron chi connectivity index (χ3n) is 12.4. The maximum absolute atomic E-state index is 14.0. The summed E-state index contributed by atoms with van der Waals surface area (Å²) in [5, 5.41) is 7.64. The van der Waals surface area contributed by atoms with Crippen LogP contribution in [0.1, 0.15) is 83.5 Å². The highest BCUT2D eigenvalue weighted by atomic mass is 16.5. The monoisotopic (exact) mass is 802 g/mol. The number of aromatic nitrogens is 4. The van der Waals surface area contributed by atoms with E-state index in [1.54, 1.807) is 0 Å². The zero-order valence-corrected chi connectivity index (χ0v) is 34.6. The number of imidazole rings is 2. The smallest absolute Gasteiger partial charge is 0.407 e. The third kappa shape index (κ3) is 8.09. The molecule has 0 spiro atoms. The van der Waals surface area contributed by atoms with Crippen molar-refractivity contribution in [3.63, 3.8) is 0 Å². The van der Waals surface area contributed by atoms with Crippen LogP contribution in [-0.4, -0.2) is 93.1 Å². The quantitative estimate of drug-likeness (QED) is 0.106. The van der Waals surface area contributed by atoms with Gasteiger partial charge in [-0.25, -0.2) is 19.6 Å². The Morgan fingerprint density at radius 1 is 0.712 bits per heavy atom. The molecule has 3 fully saturated rings. The molecule has 310 valence electrons. The van der Waals surface area contributed by atoms with Crippen molar-refractivity contribution >= 4 is 45.8 Å². The summed E-state index contributed by atoms with van der Waals surface area (Å²) >= 11 is 0. The number of hydrogen-bond donors (Lipinski definition) is 4. The average Bonchev–Trinajstić information content (AvgIpc) is 3.63. The van der Waals surface area contributed by atoms with Crippen LogP contribution in [-0.2, 0) is 19.1 Å². The van der Waals surface area contributed by atoms with E-state index in [0.29, 0.717) is 24.9 Å². The predicted molar refractivity (Wildman–Crippen MR) is 224 cm³/mol. The van der Waals surface area contributed by atoms with Crippen molar-refractivity contribution in [1.82, 2.24) is 40.4 Å². The summed E-state index contributed by atoms with van der Waals surface area (Å²) in [6.45, 7) is 8.92. The van der Waals surface area contributed by atoms with Gasteiger partial charge in [0.25, 0.3) is 0 Å². The molecule has 1 saturated carbocycles. The molecule has 8 rings (SSSR count). The number of likely N-dealkylation sites (tertiary alicyclic amines) is 2. The van der Waals surface area contributed by atoms with Crippen molar-refractivity contribution in [3.8, 4) is 22.4 Å². The molecule has 0 bridgehead atoms. The Bertz CT molecular complexity index is 2380. The van der Waals surface area contributed by atoms with E-state index in [1.165, 1.54) is 27.1 Å². The minimum Gasteiger partial charge on any atom is -0.453 e. The molecule has 5 atom stereocenters. The number of carbonyl (C=O) groups is 4. The van der Waals surface area contributed by atoms with Gasteiger partial charge in [-0.05, 0) is 102 Å². The number of methoxy groups -OCH3 is 2. The first-order valence-corrected chi connectivity index (χ1v) is 20.8. The van der Waals surface area contributed by atoms with Crippen LogP contribution in [0.2, 0.25) is 0 Å². The standard InChI is InChI=1S/C45H54N8O6/c1-24(2)38(50-44(56)58-5)42(54)52-17-7-8-36(52)40-46-22-35(49-40)31-14-13-27-18-28(11-12-29(27)19-31)30-15-16-33-34(20-30)48-41(47-33)37-21-32(26-9-10-26)23-53(37)43(55)39(25(3)4)51-45(57)59-6/h11-16,18-20,22,24-26,32,36-39H,7-10,17,21,23H2,1-6H3,(H,46,49)(H,47,48)(H,50,56)(H,51,57)/t32-,36-,37-,38-,39-/m0/s1. The number of benzene rings is 3. The van der Waals surface area contributed by atoms with E-state index in [1.807, 2.05) is 49.8 Å². The fourth-order valence-electron chi connectivity index (χ4n) is 8.96. The van der Waals surface area contributed by atoms with E-state index in [4.69, 9.17) is 19.4 Å². The van der Waals surface area contributed by atoms with Crippen LogP contribution in [0.15, 0.2) is 60.8 Å². The van der Waals surface area contributed by atoms with E-state index < -0.39 is 24.3 Å². The molecule has 2 saturated heterocycles. The van der Waals surface area contributed by atoms with Gasteiger partial charge in [0.15, 0.2) is 0 Å². The Hall–Kier alpha value is -5.92. The third-order valence-corrected chi connectivity index (χ3v) is 12.4. The second-order valence-corrected chi connectivity index (χ2v) is 17.1. The van der Waals surface area contributed by atoms with E-state index in [-0.39, 0.29) is 35.7 Å². The lowest BCUT2D eigenvalue weighted by Gasteiger charge is -2.30. The fraction of sp³-hybridized carbons (Fsp3) is 0.467. The summed E-state index contributed by atoms with van der Waals surface area (Å²) in [5.41, 5.74) is 5.71. The average molecular weight is 803 g/mol. The van der Waals surface area contributed by atoms with Crippen molar-refractivity contribution in [2.24, 2.45) is 23.7 Å². The number of carbonyl (C=O) groups excluding carboxylic acids is 4. The van der Waals surface area contributed by atoms with Gasteiger partial charge in [0.1, 0.15) is 23.7 Å². The Morgan fingerprint density at radius 3 is 1.97 bits per heavy atom. The van der Waals surface area contributed by atoms with Crippen molar-refractivity contribution in [1.29, 1.82) is 0 Å². The van der Waals surface area contributed by atoms with Crippen LogP contribution in [0, 0.1) is 23.7 Å². The minimum absolute atomic E-state index is 0.106. The highest BCUT2D eigenvalue weighted by molar-refractivity contribution is 5.92. The Labute approximate surface area is 343 Å². The van der Waals surface area contributed by atoms with Gasteiger partial charge in [-0.2, -0.15) is 0 Å². The normalized spacial score (nSPS) is 20.4. The molecular formula is C45H54N8O6.